The van der Waals surface area contributed by atoms with Crippen molar-refractivity contribution in [2.75, 3.05) is 19.7 Å². The van der Waals surface area contributed by atoms with Gasteiger partial charge in [-0.15, -0.1) is 22.7 Å². The van der Waals surface area contributed by atoms with Gasteiger partial charge in [0.2, 0.25) is 0 Å². The van der Waals surface area contributed by atoms with E-state index >= 15 is 0 Å². The van der Waals surface area contributed by atoms with E-state index in [9.17, 15) is 4.79 Å². The van der Waals surface area contributed by atoms with Crippen LogP contribution in [-0.2, 0) is 17.9 Å². The third-order valence-corrected chi connectivity index (χ3v) is 7.79. The minimum Gasteiger partial charge on any atom is -0.483 e. The van der Waals surface area contributed by atoms with Crippen molar-refractivity contribution in [3.8, 4) is 16.2 Å². The van der Waals surface area contributed by atoms with Crippen LogP contribution in [0.4, 0.5) is 0 Å². The molecule has 1 aliphatic rings. The Labute approximate surface area is 196 Å². The lowest BCUT2D eigenvalue weighted by Gasteiger charge is -2.18. The zero-order chi connectivity index (χ0) is 21.8. The van der Waals surface area contributed by atoms with Crippen molar-refractivity contribution in [1.82, 2.24) is 10.2 Å². The molecule has 0 aliphatic carbocycles. The summed E-state index contributed by atoms with van der Waals surface area (Å²) in [5.41, 5.74) is 2.35. The second-order valence-electron chi connectivity index (χ2n) is 8.10. The number of ether oxygens (including phenoxy) is 1. The van der Waals surface area contributed by atoms with Crippen LogP contribution in [0.15, 0.2) is 66.0 Å². The monoisotopic (exact) mass is 462 g/mol. The number of likely N-dealkylation sites (tertiary alicyclic amines) is 1. The number of hydrogen-bond donors (Lipinski definition) is 1. The molecule has 4 nitrogen and oxygen atoms in total. The van der Waals surface area contributed by atoms with Crippen LogP contribution < -0.4 is 10.1 Å². The average Bonchev–Trinajstić information content (AvgIpc) is 3.58. The van der Waals surface area contributed by atoms with Crippen LogP contribution in [0.3, 0.4) is 0 Å². The predicted octanol–water partition coefficient (Wildman–Crippen LogP) is 5.92. The number of carbonyl (C=O) groups excluding carboxylic acids is 1. The number of nitrogens with one attached hydrogen (secondary N) is 1. The van der Waals surface area contributed by atoms with Gasteiger partial charge in [0.1, 0.15) is 5.75 Å². The molecule has 32 heavy (non-hydrogen) atoms. The summed E-state index contributed by atoms with van der Waals surface area (Å²) in [6, 6.07) is 21.0. The molecule has 1 aliphatic heterocycles. The molecule has 1 saturated heterocycles. The van der Waals surface area contributed by atoms with Gasteiger partial charge in [-0.3, -0.25) is 9.69 Å². The van der Waals surface area contributed by atoms with E-state index in [-0.39, 0.29) is 12.5 Å². The van der Waals surface area contributed by atoms with Crippen molar-refractivity contribution in [3.63, 3.8) is 0 Å². The normalized spacial score (nSPS) is 14.1. The Kier molecular flexibility index (Phi) is 6.53. The molecule has 4 aromatic rings. The molecule has 6 heteroatoms. The van der Waals surface area contributed by atoms with Gasteiger partial charge in [0, 0.05) is 26.6 Å². The van der Waals surface area contributed by atoms with Crippen LogP contribution in [0, 0.1) is 0 Å². The van der Waals surface area contributed by atoms with Crippen LogP contribution in [0.5, 0.6) is 5.75 Å². The van der Waals surface area contributed by atoms with E-state index in [2.05, 4.69) is 58.1 Å². The number of thiophene rings is 2. The number of benzene rings is 2. The first-order valence-electron chi connectivity index (χ1n) is 11.0. The number of amides is 1. The van der Waals surface area contributed by atoms with E-state index in [1.807, 2.05) is 18.2 Å². The molecule has 0 unspecified atom stereocenters. The predicted molar refractivity (Wildman–Crippen MR) is 133 cm³/mol. The van der Waals surface area contributed by atoms with Gasteiger partial charge in [-0.25, -0.2) is 0 Å². The van der Waals surface area contributed by atoms with Gasteiger partial charge >= 0.3 is 0 Å². The average molecular weight is 463 g/mol. The molecule has 5 rings (SSSR count). The fraction of sp³-hybridized carbons (Fsp3) is 0.269. The van der Waals surface area contributed by atoms with Crippen molar-refractivity contribution >= 4 is 38.7 Å². The van der Waals surface area contributed by atoms with Crippen molar-refractivity contribution in [3.05, 3.63) is 76.5 Å². The maximum Gasteiger partial charge on any atom is 0.258 e. The molecule has 1 amide bonds. The number of fused-ring (bicyclic) bond motifs is 1. The highest BCUT2D eigenvalue weighted by atomic mass is 32.1. The minimum atomic E-state index is -0.100. The van der Waals surface area contributed by atoms with Crippen LogP contribution >= 0.6 is 22.7 Å². The first kappa shape index (κ1) is 21.2. The zero-order valence-corrected chi connectivity index (χ0v) is 19.5. The number of hydrogen-bond acceptors (Lipinski definition) is 5. The van der Waals surface area contributed by atoms with Crippen LogP contribution in [-0.4, -0.2) is 30.5 Å². The lowest BCUT2D eigenvalue weighted by Crippen LogP contribution is -2.28. The fourth-order valence-corrected chi connectivity index (χ4v) is 5.85. The largest absolute Gasteiger partial charge is 0.483 e. The SMILES string of the molecule is O=C(COc1ccc(-c2cccs2)cc1CN1CCCC1)NCc1cc2ccccc2s1. The number of carbonyl (C=O) groups is 1. The van der Waals surface area contributed by atoms with Crippen LogP contribution in [0.2, 0.25) is 0 Å². The highest BCUT2D eigenvalue weighted by molar-refractivity contribution is 7.19. The van der Waals surface area contributed by atoms with Crippen LogP contribution in [0.25, 0.3) is 20.5 Å². The molecule has 1 N–H and O–H groups in total. The quantitative estimate of drug-likeness (QED) is 0.353. The van der Waals surface area contributed by atoms with Gasteiger partial charge < -0.3 is 10.1 Å². The highest BCUT2D eigenvalue weighted by Crippen LogP contribution is 2.31. The number of nitrogens with zero attached hydrogens (tertiary/aromatic N) is 1. The molecular formula is C26H26N2O2S2. The summed E-state index contributed by atoms with van der Waals surface area (Å²) in [5.74, 6) is 0.700. The Bertz CT molecular complexity index is 1160. The van der Waals surface area contributed by atoms with E-state index in [0.29, 0.717) is 6.54 Å². The molecule has 2 aromatic heterocycles. The van der Waals surface area contributed by atoms with Gasteiger partial charge in [0.15, 0.2) is 6.61 Å². The van der Waals surface area contributed by atoms with Gasteiger partial charge in [-0.2, -0.15) is 0 Å². The van der Waals surface area contributed by atoms with Gasteiger partial charge in [0.05, 0.1) is 6.54 Å². The Morgan fingerprint density at radius 3 is 2.72 bits per heavy atom. The third-order valence-electron chi connectivity index (χ3n) is 5.75. The molecule has 0 atom stereocenters. The summed E-state index contributed by atoms with van der Waals surface area (Å²) in [5, 5.41) is 6.31. The zero-order valence-electron chi connectivity index (χ0n) is 17.9. The van der Waals surface area contributed by atoms with Gasteiger partial charge in [-0.05, 0) is 78.7 Å². The molecule has 0 saturated carbocycles. The topological polar surface area (TPSA) is 41.6 Å². The summed E-state index contributed by atoms with van der Waals surface area (Å²) in [6.45, 7) is 3.66. The Morgan fingerprint density at radius 1 is 1.03 bits per heavy atom. The van der Waals surface area contributed by atoms with Crippen LogP contribution in [0.1, 0.15) is 23.3 Å². The molecule has 2 aromatic carbocycles. The van der Waals surface area contributed by atoms with Crippen molar-refractivity contribution in [2.45, 2.75) is 25.9 Å². The Hall–Kier alpha value is -2.67. The smallest absolute Gasteiger partial charge is 0.258 e. The first-order chi connectivity index (χ1) is 15.7. The molecule has 0 spiro atoms. The second kappa shape index (κ2) is 9.86. The van der Waals surface area contributed by atoms with E-state index in [4.69, 9.17) is 4.74 Å². The maximum absolute atomic E-state index is 12.5. The molecule has 0 radical (unpaired) electrons. The molecule has 164 valence electrons. The van der Waals surface area contributed by atoms with Gasteiger partial charge in [0.25, 0.3) is 5.91 Å². The molecule has 3 heterocycles. The number of rotatable bonds is 8. The van der Waals surface area contributed by atoms with E-state index in [0.717, 1.165) is 35.8 Å². The molecule has 1 fully saturated rings. The first-order valence-corrected chi connectivity index (χ1v) is 12.7. The summed E-state index contributed by atoms with van der Waals surface area (Å²) >= 11 is 3.45. The molecule has 0 bridgehead atoms. The van der Waals surface area contributed by atoms with Crippen molar-refractivity contribution in [1.29, 1.82) is 0 Å². The standard InChI is InChI=1S/C26H26N2O2S2/c29-26(27-16-22-15-19-6-1-2-7-25(19)32-22)18-30-23-10-9-20(24-8-5-13-31-24)14-21(23)17-28-11-3-4-12-28/h1-2,5-10,13-15H,3-4,11-12,16-18H2,(H,27,29). The highest BCUT2D eigenvalue weighted by Gasteiger charge is 2.16. The molecular weight excluding hydrogens is 436 g/mol. The summed E-state index contributed by atoms with van der Waals surface area (Å²) < 4.78 is 7.24. The Morgan fingerprint density at radius 2 is 1.91 bits per heavy atom. The third kappa shape index (κ3) is 5.04. The summed E-state index contributed by atoms with van der Waals surface area (Å²) in [7, 11) is 0. The summed E-state index contributed by atoms with van der Waals surface area (Å²) in [4.78, 5) is 17.3. The van der Waals surface area contributed by atoms with Gasteiger partial charge in [-0.1, -0.05) is 24.3 Å². The lowest BCUT2D eigenvalue weighted by atomic mass is 10.1. The summed E-state index contributed by atoms with van der Waals surface area (Å²) in [6.07, 6.45) is 2.50. The van der Waals surface area contributed by atoms with E-state index < -0.39 is 0 Å². The van der Waals surface area contributed by atoms with Crippen molar-refractivity contribution < 1.29 is 9.53 Å². The fourth-order valence-electron chi connectivity index (χ4n) is 4.13. The Balaban J connectivity index is 1.23. The minimum absolute atomic E-state index is 0.0241. The van der Waals surface area contributed by atoms with E-state index in [1.165, 1.54) is 33.4 Å². The lowest BCUT2D eigenvalue weighted by molar-refractivity contribution is -0.123. The second-order valence-corrected chi connectivity index (χ2v) is 10.2. The van der Waals surface area contributed by atoms with Crippen molar-refractivity contribution in [2.24, 2.45) is 0 Å². The van der Waals surface area contributed by atoms with E-state index in [1.54, 1.807) is 22.7 Å². The maximum atomic E-state index is 12.5.